The number of aromatic nitrogens is 3. The van der Waals surface area contributed by atoms with Gasteiger partial charge in [-0.3, -0.25) is 4.57 Å². The Bertz CT molecular complexity index is 3690. The van der Waals surface area contributed by atoms with Crippen molar-refractivity contribution in [1.29, 1.82) is 0 Å². The van der Waals surface area contributed by atoms with Crippen LogP contribution in [0.5, 0.6) is 0 Å². The van der Waals surface area contributed by atoms with Gasteiger partial charge in [-0.15, -0.1) is 0 Å². The van der Waals surface area contributed by atoms with Crippen LogP contribution in [0.25, 0.3) is 100.0 Å². The molecule has 0 amide bonds. The van der Waals surface area contributed by atoms with Crippen molar-refractivity contribution in [3.8, 4) is 61.7 Å². The number of fused-ring (bicyclic) bond motifs is 9. The number of allylic oxidation sites excluding steroid dienone is 4. The number of para-hydroxylation sites is 1. The van der Waals surface area contributed by atoms with Crippen LogP contribution in [-0.2, 0) is 10.8 Å². The normalized spacial score (nSPS) is 15.4. The number of nitrogens with zero attached hydrogens (tertiary/aromatic N) is 3. The highest BCUT2D eigenvalue weighted by molar-refractivity contribution is 6.16. The minimum Gasteiger partial charge on any atom is -0.292 e. The standard InChI is InChI=1S/C62H47N3/c1-61(2)52-25-15-13-22-44(52)46-30-27-39(33-54(46)61)49-36-51-50(40-29-32-58-57(35-40)64-60(38-17-7-5-8-18-38)65(58)42-19-9-6-10-20-42)37-56(63-59(51)48-24-12-11-21-43(48)49)41-28-31-47-45-23-14-16-26-53(45)62(3,4)55(47)34-41/h5-12,14-21,23-37H,13,22H2,1-4H3. The molecule has 2 heterocycles. The van der Waals surface area contributed by atoms with Crippen molar-refractivity contribution in [2.75, 3.05) is 0 Å². The Morgan fingerprint density at radius 1 is 0.462 bits per heavy atom. The third-order valence-electron chi connectivity index (χ3n) is 14.9. The molecule has 3 aliphatic rings. The maximum absolute atomic E-state index is 5.67. The van der Waals surface area contributed by atoms with Gasteiger partial charge < -0.3 is 0 Å². The van der Waals surface area contributed by atoms with Gasteiger partial charge in [0.15, 0.2) is 0 Å². The van der Waals surface area contributed by atoms with E-state index in [1.807, 2.05) is 0 Å². The van der Waals surface area contributed by atoms with Crippen LogP contribution in [0.3, 0.4) is 0 Å². The second-order valence-electron chi connectivity index (χ2n) is 19.2. The summed E-state index contributed by atoms with van der Waals surface area (Å²) in [6, 6.07) is 64.7. The third kappa shape index (κ3) is 5.61. The van der Waals surface area contributed by atoms with E-state index in [9.17, 15) is 0 Å². The second kappa shape index (κ2) is 13.9. The molecule has 65 heavy (non-hydrogen) atoms. The van der Waals surface area contributed by atoms with E-state index in [1.54, 1.807) is 0 Å². The Kier molecular flexibility index (Phi) is 8.13. The highest BCUT2D eigenvalue weighted by Crippen LogP contribution is 2.53. The van der Waals surface area contributed by atoms with Gasteiger partial charge in [0.25, 0.3) is 0 Å². The number of imidazole rings is 1. The van der Waals surface area contributed by atoms with E-state index in [-0.39, 0.29) is 10.8 Å². The first kappa shape index (κ1) is 37.9. The Balaban J connectivity index is 1.06. The summed E-state index contributed by atoms with van der Waals surface area (Å²) < 4.78 is 2.29. The zero-order valence-corrected chi connectivity index (χ0v) is 37.2. The zero-order valence-electron chi connectivity index (χ0n) is 37.2. The van der Waals surface area contributed by atoms with Gasteiger partial charge in [0, 0.05) is 38.4 Å². The minimum absolute atomic E-state index is 0.0607. The molecule has 3 aliphatic carbocycles. The van der Waals surface area contributed by atoms with Gasteiger partial charge in [0.1, 0.15) is 5.82 Å². The minimum atomic E-state index is -0.127. The number of pyridine rings is 1. The molecule has 3 heteroatoms. The van der Waals surface area contributed by atoms with E-state index in [0.29, 0.717) is 0 Å². The van der Waals surface area contributed by atoms with Crippen molar-refractivity contribution in [3.63, 3.8) is 0 Å². The summed E-state index contributed by atoms with van der Waals surface area (Å²) in [4.78, 5) is 11.1. The summed E-state index contributed by atoms with van der Waals surface area (Å²) in [5.41, 5.74) is 22.9. The van der Waals surface area contributed by atoms with E-state index >= 15 is 0 Å². The second-order valence-corrected chi connectivity index (χ2v) is 19.2. The van der Waals surface area contributed by atoms with Crippen LogP contribution >= 0.6 is 0 Å². The summed E-state index contributed by atoms with van der Waals surface area (Å²) in [5, 5.41) is 3.48. The van der Waals surface area contributed by atoms with Crippen LogP contribution in [0.4, 0.5) is 0 Å². The van der Waals surface area contributed by atoms with Gasteiger partial charge in [-0.25, -0.2) is 9.97 Å². The lowest BCUT2D eigenvalue weighted by atomic mass is 9.79. The maximum atomic E-state index is 5.67. The van der Waals surface area contributed by atoms with E-state index in [0.717, 1.165) is 79.6 Å². The quantitative estimate of drug-likeness (QED) is 0.162. The molecule has 0 saturated heterocycles. The molecule has 13 rings (SSSR count). The van der Waals surface area contributed by atoms with E-state index in [4.69, 9.17) is 9.97 Å². The topological polar surface area (TPSA) is 30.7 Å². The first-order valence-corrected chi connectivity index (χ1v) is 23.0. The fourth-order valence-electron chi connectivity index (χ4n) is 11.6. The average Bonchev–Trinajstić information content (AvgIpc) is 3.93. The molecular formula is C62H47N3. The number of hydrogen-bond acceptors (Lipinski definition) is 2. The lowest BCUT2D eigenvalue weighted by Gasteiger charge is -2.24. The molecule has 8 aromatic carbocycles. The molecular weight excluding hydrogens is 787 g/mol. The number of benzene rings is 8. The van der Waals surface area contributed by atoms with Crippen LogP contribution in [0.2, 0.25) is 0 Å². The molecule has 0 unspecified atom stereocenters. The summed E-state index contributed by atoms with van der Waals surface area (Å²) in [6.45, 7) is 9.50. The predicted molar refractivity (Wildman–Crippen MR) is 272 cm³/mol. The van der Waals surface area contributed by atoms with Crippen LogP contribution in [-0.4, -0.2) is 14.5 Å². The van der Waals surface area contributed by atoms with Gasteiger partial charge in [-0.2, -0.15) is 0 Å². The number of rotatable bonds is 5. The van der Waals surface area contributed by atoms with Crippen LogP contribution in [0, 0.1) is 0 Å². The molecule has 0 radical (unpaired) electrons. The molecule has 0 saturated carbocycles. The van der Waals surface area contributed by atoms with Gasteiger partial charge in [0.05, 0.1) is 22.2 Å². The molecule has 0 aliphatic heterocycles. The van der Waals surface area contributed by atoms with Crippen LogP contribution < -0.4 is 0 Å². The van der Waals surface area contributed by atoms with Gasteiger partial charge in [-0.05, 0) is 134 Å². The maximum Gasteiger partial charge on any atom is 0.145 e. The van der Waals surface area contributed by atoms with Crippen LogP contribution in [0.15, 0.2) is 194 Å². The molecule has 0 N–H and O–H groups in total. The highest BCUT2D eigenvalue weighted by atomic mass is 15.1. The molecule has 10 aromatic rings. The first-order valence-electron chi connectivity index (χ1n) is 23.0. The lowest BCUT2D eigenvalue weighted by molar-refractivity contribution is 0.651. The Morgan fingerprint density at radius 3 is 1.95 bits per heavy atom. The summed E-state index contributed by atoms with van der Waals surface area (Å²) >= 11 is 0. The predicted octanol–water partition coefficient (Wildman–Crippen LogP) is 16.1. The smallest absolute Gasteiger partial charge is 0.145 e. The molecule has 0 fully saturated rings. The summed E-state index contributed by atoms with van der Waals surface area (Å²) in [7, 11) is 0. The largest absolute Gasteiger partial charge is 0.292 e. The molecule has 0 spiro atoms. The summed E-state index contributed by atoms with van der Waals surface area (Å²) in [6.07, 6.45) is 6.93. The van der Waals surface area contributed by atoms with Crippen molar-refractivity contribution < 1.29 is 0 Å². The molecule has 0 bridgehead atoms. The van der Waals surface area contributed by atoms with Gasteiger partial charge >= 0.3 is 0 Å². The Morgan fingerprint density at radius 2 is 1.11 bits per heavy atom. The summed E-state index contributed by atoms with van der Waals surface area (Å²) in [5.74, 6) is 0.922. The van der Waals surface area contributed by atoms with Crippen molar-refractivity contribution in [3.05, 3.63) is 216 Å². The van der Waals surface area contributed by atoms with Crippen molar-refractivity contribution >= 4 is 38.3 Å². The van der Waals surface area contributed by atoms with Crippen LogP contribution in [0.1, 0.15) is 62.8 Å². The molecule has 310 valence electrons. The van der Waals surface area contributed by atoms with E-state index < -0.39 is 0 Å². The number of hydrogen-bond donors (Lipinski definition) is 0. The third-order valence-corrected chi connectivity index (χ3v) is 14.9. The molecule has 2 aromatic heterocycles. The molecule has 0 atom stereocenters. The van der Waals surface area contributed by atoms with E-state index in [1.165, 1.54) is 61.0 Å². The Hall–Kier alpha value is -7.62. The van der Waals surface area contributed by atoms with Crippen molar-refractivity contribution in [2.45, 2.75) is 51.4 Å². The molecule has 3 nitrogen and oxygen atoms in total. The average molecular weight is 834 g/mol. The van der Waals surface area contributed by atoms with Gasteiger partial charge in [-0.1, -0.05) is 167 Å². The fourth-order valence-corrected chi connectivity index (χ4v) is 11.6. The van der Waals surface area contributed by atoms with Gasteiger partial charge in [0.2, 0.25) is 0 Å². The SMILES string of the molecule is CC1(C)C2=C(CCC=C2)c2ccc(-c3cc4c(-c5ccc6c(c5)nc(-c5ccccc5)n6-c5ccccc5)cc(-c5ccc6c(c5)C(C)(C)c5ccccc5-6)nc4c4ccccc34)cc21. The highest BCUT2D eigenvalue weighted by Gasteiger charge is 2.38. The monoisotopic (exact) mass is 833 g/mol. The van der Waals surface area contributed by atoms with Crippen molar-refractivity contribution in [1.82, 2.24) is 14.5 Å². The lowest BCUT2D eigenvalue weighted by Crippen LogP contribution is -2.16. The zero-order chi connectivity index (χ0) is 43.6. The van der Waals surface area contributed by atoms with E-state index in [2.05, 4.69) is 220 Å². The first-order chi connectivity index (χ1) is 31.7. The fraction of sp³-hybridized carbons (Fsp3) is 0.129. The Labute approximate surface area is 380 Å². The van der Waals surface area contributed by atoms with Crippen molar-refractivity contribution in [2.24, 2.45) is 0 Å².